The Morgan fingerprint density at radius 3 is 2.47 bits per heavy atom. The first kappa shape index (κ1) is 15.7. The summed E-state index contributed by atoms with van der Waals surface area (Å²) >= 11 is 0. The second-order valence-electron chi connectivity index (χ2n) is 6.05. The van der Waals surface area contributed by atoms with Crippen molar-refractivity contribution in [3.8, 4) is 0 Å². The molecule has 1 rings (SSSR count). The van der Waals surface area contributed by atoms with Gasteiger partial charge in [0.25, 0.3) is 0 Å². The predicted molar refractivity (Wildman–Crippen MR) is 81.7 cm³/mol. The van der Waals surface area contributed by atoms with E-state index in [1.807, 2.05) is 40.0 Å². The van der Waals surface area contributed by atoms with Crippen molar-refractivity contribution < 1.29 is 4.79 Å². The van der Waals surface area contributed by atoms with Crippen LogP contribution in [0.25, 0.3) is 0 Å². The number of aryl methyl sites for hydroxylation is 1. The summed E-state index contributed by atoms with van der Waals surface area (Å²) in [5.41, 5.74) is 3.08. The van der Waals surface area contributed by atoms with Crippen LogP contribution >= 0.6 is 0 Å². The van der Waals surface area contributed by atoms with Gasteiger partial charge in [0, 0.05) is 17.6 Å². The molecular weight excluding hydrogens is 236 g/mol. The van der Waals surface area contributed by atoms with Crippen LogP contribution in [0.5, 0.6) is 0 Å². The first-order valence-electron chi connectivity index (χ1n) is 6.85. The molecule has 1 aromatic rings. The van der Waals surface area contributed by atoms with Crippen molar-refractivity contribution in [2.75, 3.05) is 12.4 Å². The second-order valence-corrected chi connectivity index (χ2v) is 6.05. The summed E-state index contributed by atoms with van der Waals surface area (Å²) in [6, 6.07) is 6.15. The zero-order chi connectivity index (χ0) is 14.6. The molecule has 3 nitrogen and oxygen atoms in total. The van der Waals surface area contributed by atoms with Crippen LogP contribution in [0.4, 0.5) is 5.69 Å². The van der Waals surface area contributed by atoms with Crippen molar-refractivity contribution in [2.24, 2.45) is 0 Å². The summed E-state index contributed by atoms with van der Waals surface area (Å²) in [5, 5.41) is 6.22. The van der Waals surface area contributed by atoms with Crippen molar-refractivity contribution in [3.05, 3.63) is 29.3 Å². The molecular formula is C16H26N2O. The SMILES string of the molecule is CNC(C)(C)CC(=O)Nc1c(C)cccc1C(C)C. The molecule has 0 aliphatic carbocycles. The van der Waals surface area contributed by atoms with Crippen molar-refractivity contribution in [1.29, 1.82) is 0 Å². The molecule has 0 aromatic heterocycles. The number of anilines is 1. The van der Waals surface area contributed by atoms with Gasteiger partial charge in [-0.25, -0.2) is 0 Å². The van der Waals surface area contributed by atoms with E-state index in [0.717, 1.165) is 11.3 Å². The molecule has 0 radical (unpaired) electrons. The molecule has 0 spiro atoms. The molecule has 0 atom stereocenters. The molecule has 0 aliphatic heterocycles. The predicted octanol–water partition coefficient (Wildman–Crippen LogP) is 3.45. The van der Waals surface area contributed by atoms with E-state index in [2.05, 4.69) is 30.5 Å². The van der Waals surface area contributed by atoms with Crippen molar-refractivity contribution in [1.82, 2.24) is 5.32 Å². The fourth-order valence-corrected chi connectivity index (χ4v) is 2.02. The standard InChI is InChI=1S/C16H26N2O/c1-11(2)13-9-7-8-12(3)15(13)18-14(19)10-16(4,5)17-6/h7-9,11,17H,10H2,1-6H3,(H,18,19). The molecule has 106 valence electrons. The summed E-state index contributed by atoms with van der Waals surface area (Å²) < 4.78 is 0. The molecule has 0 saturated heterocycles. The molecule has 0 saturated carbocycles. The van der Waals surface area contributed by atoms with Crippen LogP contribution < -0.4 is 10.6 Å². The van der Waals surface area contributed by atoms with E-state index in [1.54, 1.807) is 0 Å². The molecule has 1 aromatic carbocycles. The number of carbonyl (C=O) groups is 1. The van der Waals surface area contributed by atoms with Gasteiger partial charge >= 0.3 is 0 Å². The van der Waals surface area contributed by atoms with E-state index in [0.29, 0.717) is 12.3 Å². The number of carbonyl (C=O) groups excluding carboxylic acids is 1. The fourth-order valence-electron chi connectivity index (χ4n) is 2.02. The lowest BCUT2D eigenvalue weighted by molar-refractivity contribution is -0.117. The summed E-state index contributed by atoms with van der Waals surface area (Å²) in [6.45, 7) is 10.4. The van der Waals surface area contributed by atoms with Gasteiger partial charge in [0.15, 0.2) is 0 Å². The first-order valence-corrected chi connectivity index (χ1v) is 6.85. The summed E-state index contributed by atoms with van der Waals surface area (Å²) in [6.07, 6.45) is 0.454. The third kappa shape index (κ3) is 4.35. The maximum absolute atomic E-state index is 12.2. The van der Waals surface area contributed by atoms with Gasteiger partial charge in [0.1, 0.15) is 0 Å². The minimum atomic E-state index is -0.190. The van der Waals surface area contributed by atoms with Crippen LogP contribution in [-0.2, 0) is 4.79 Å². The number of hydrogen-bond donors (Lipinski definition) is 2. The van der Waals surface area contributed by atoms with Crippen LogP contribution in [0, 0.1) is 6.92 Å². The fraction of sp³-hybridized carbons (Fsp3) is 0.562. The third-order valence-electron chi connectivity index (χ3n) is 3.47. The number of hydrogen-bond acceptors (Lipinski definition) is 2. The Bertz CT molecular complexity index is 450. The first-order chi connectivity index (χ1) is 8.76. The second kappa shape index (κ2) is 6.20. The monoisotopic (exact) mass is 262 g/mol. The maximum atomic E-state index is 12.2. The van der Waals surface area contributed by atoms with Crippen LogP contribution in [0.2, 0.25) is 0 Å². The summed E-state index contributed by atoms with van der Waals surface area (Å²) in [4.78, 5) is 12.2. The van der Waals surface area contributed by atoms with Gasteiger partial charge < -0.3 is 10.6 Å². The van der Waals surface area contributed by atoms with Crippen molar-refractivity contribution in [2.45, 2.75) is 52.5 Å². The minimum absolute atomic E-state index is 0.0514. The molecule has 19 heavy (non-hydrogen) atoms. The van der Waals surface area contributed by atoms with E-state index in [1.165, 1.54) is 5.56 Å². The Hall–Kier alpha value is -1.35. The molecule has 0 bridgehead atoms. The molecule has 3 heteroatoms. The van der Waals surface area contributed by atoms with Crippen LogP contribution in [0.3, 0.4) is 0 Å². The highest BCUT2D eigenvalue weighted by atomic mass is 16.1. The van der Waals surface area contributed by atoms with Crippen LogP contribution in [0.15, 0.2) is 18.2 Å². The van der Waals surface area contributed by atoms with Gasteiger partial charge in [-0.15, -0.1) is 0 Å². The number of benzene rings is 1. The third-order valence-corrected chi connectivity index (χ3v) is 3.47. The van der Waals surface area contributed by atoms with Crippen molar-refractivity contribution >= 4 is 11.6 Å². The lowest BCUT2D eigenvalue weighted by Crippen LogP contribution is -2.39. The topological polar surface area (TPSA) is 41.1 Å². The molecule has 0 aliphatic rings. The van der Waals surface area contributed by atoms with Gasteiger partial charge in [0.05, 0.1) is 0 Å². The smallest absolute Gasteiger partial charge is 0.226 e. The Balaban J connectivity index is 2.91. The summed E-state index contributed by atoms with van der Waals surface area (Å²) in [5.74, 6) is 0.447. The highest BCUT2D eigenvalue weighted by Gasteiger charge is 2.20. The molecule has 0 unspecified atom stereocenters. The zero-order valence-electron chi connectivity index (χ0n) is 12.9. The largest absolute Gasteiger partial charge is 0.326 e. The Morgan fingerprint density at radius 1 is 1.32 bits per heavy atom. The maximum Gasteiger partial charge on any atom is 0.226 e. The quantitative estimate of drug-likeness (QED) is 0.853. The van der Waals surface area contributed by atoms with Gasteiger partial charge in [-0.3, -0.25) is 4.79 Å². The summed E-state index contributed by atoms with van der Waals surface area (Å²) in [7, 11) is 1.88. The van der Waals surface area contributed by atoms with Crippen LogP contribution in [-0.4, -0.2) is 18.5 Å². The van der Waals surface area contributed by atoms with E-state index in [-0.39, 0.29) is 11.4 Å². The molecule has 0 heterocycles. The average Bonchev–Trinajstić information content (AvgIpc) is 2.30. The number of nitrogens with one attached hydrogen (secondary N) is 2. The van der Waals surface area contributed by atoms with E-state index >= 15 is 0 Å². The number of para-hydroxylation sites is 1. The highest BCUT2D eigenvalue weighted by molar-refractivity contribution is 5.93. The Morgan fingerprint density at radius 2 is 1.95 bits per heavy atom. The zero-order valence-corrected chi connectivity index (χ0v) is 12.9. The molecule has 1 amide bonds. The molecule has 2 N–H and O–H groups in total. The van der Waals surface area contributed by atoms with Crippen LogP contribution in [0.1, 0.15) is 51.2 Å². The van der Waals surface area contributed by atoms with E-state index < -0.39 is 0 Å². The number of rotatable bonds is 5. The van der Waals surface area contributed by atoms with Gasteiger partial charge in [0.2, 0.25) is 5.91 Å². The Labute approximate surface area is 116 Å². The minimum Gasteiger partial charge on any atom is -0.326 e. The molecule has 0 fully saturated rings. The van der Waals surface area contributed by atoms with Crippen molar-refractivity contribution in [3.63, 3.8) is 0 Å². The lowest BCUT2D eigenvalue weighted by Gasteiger charge is -2.24. The van der Waals surface area contributed by atoms with Gasteiger partial charge in [-0.05, 0) is 44.9 Å². The Kier molecular flexibility index (Phi) is 5.12. The van der Waals surface area contributed by atoms with E-state index in [4.69, 9.17) is 0 Å². The van der Waals surface area contributed by atoms with E-state index in [9.17, 15) is 4.79 Å². The van der Waals surface area contributed by atoms with Gasteiger partial charge in [-0.1, -0.05) is 32.0 Å². The highest BCUT2D eigenvalue weighted by Crippen LogP contribution is 2.27. The average molecular weight is 262 g/mol. The van der Waals surface area contributed by atoms with Gasteiger partial charge in [-0.2, -0.15) is 0 Å². The normalized spacial score (nSPS) is 11.7. The lowest BCUT2D eigenvalue weighted by atomic mass is 9.97. The number of amides is 1.